The van der Waals surface area contributed by atoms with E-state index >= 15 is 0 Å². The summed E-state index contributed by atoms with van der Waals surface area (Å²) < 4.78 is 5.10. The van der Waals surface area contributed by atoms with Crippen molar-refractivity contribution in [1.82, 2.24) is 5.32 Å². The van der Waals surface area contributed by atoms with E-state index in [0.29, 0.717) is 12.7 Å². The Labute approximate surface area is 118 Å². The number of amides is 1. The van der Waals surface area contributed by atoms with Crippen LogP contribution in [0.3, 0.4) is 0 Å². The Morgan fingerprint density at radius 3 is 2.30 bits per heavy atom. The lowest BCUT2D eigenvalue weighted by molar-refractivity contribution is -0.109. The molecule has 1 aromatic carbocycles. The molecule has 0 aliphatic carbocycles. The van der Waals surface area contributed by atoms with Gasteiger partial charge in [-0.25, -0.2) is 4.79 Å². The Balaban J connectivity index is 2.58. The van der Waals surface area contributed by atoms with E-state index in [1.807, 2.05) is 12.1 Å². The molecule has 1 aromatic rings. The van der Waals surface area contributed by atoms with E-state index in [4.69, 9.17) is 9.84 Å². The van der Waals surface area contributed by atoms with Gasteiger partial charge in [-0.05, 0) is 38.3 Å². The Morgan fingerprint density at radius 2 is 1.85 bits per heavy atom. The summed E-state index contributed by atoms with van der Waals surface area (Å²) in [5.41, 5.74) is 1.10. The largest absolute Gasteiger partial charge is 0.444 e. The summed E-state index contributed by atoms with van der Waals surface area (Å²) in [5, 5.41) is 11.5. The fourth-order valence-electron chi connectivity index (χ4n) is 1.63. The molecule has 110 valence electrons. The van der Waals surface area contributed by atoms with Gasteiger partial charge in [0, 0.05) is 0 Å². The molecule has 0 radical (unpaired) electrons. The van der Waals surface area contributed by atoms with Crippen molar-refractivity contribution in [3.05, 3.63) is 35.4 Å². The number of carbonyl (C=O) groups is 2. The van der Waals surface area contributed by atoms with Crippen molar-refractivity contribution in [2.24, 2.45) is 0 Å². The number of ether oxygens (including phenoxy) is 1. The SMILES string of the molecule is CC(C)(C)OC(=O)N[C@H](C=O)Cc1ccc(CO)cc1. The lowest BCUT2D eigenvalue weighted by Crippen LogP contribution is -2.41. The van der Waals surface area contributed by atoms with E-state index in [1.54, 1.807) is 32.9 Å². The molecule has 0 saturated carbocycles. The van der Waals surface area contributed by atoms with E-state index in [2.05, 4.69) is 5.32 Å². The summed E-state index contributed by atoms with van der Waals surface area (Å²) in [5.74, 6) is 0. The first kappa shape index (κ1) is 16.2. The molecule has 2 N–H and O–H groups in total. The van der Waals surface area contributed by atoms with Crippen LogP contribution in [0.5, 0.6) is 0 Å². The van der Waals surface area contributed by atoms with Crippen LogP contribution < -0.4 is 5.32 Å². The van der Waals surface area contributed by atoms with Gasteiger partial charge in [0.1, 0.15) is 11.9 Å². The van der Waals surface area contributed by atoms with E-state index in [-0.39, 0.29) is 6.61 Å². The highest BCUT2D eigenvalue weighted by Gasteiger charge is 2.19. The van der Waals surface area contributed by atoms with Crippen molar-refractivity contribution in [1.29, 1.82) is 0 Å². The number of benzene rings is 1. The normalized spacial score (nSPS) is 12.6. The molecule has 0 spiro atoms. The summed E-state index contributed by atoms with van der Waals surface area (Å²) >= 11 is 0. The first-order valence-electron chi connectivity index (χ1n) is 6.47. The Kier molecular flexibility index (Phi) is 5.70. The molecule has 1 rings (SSSR count). The maximum absolute atomic E-state index is 11.6. The van der Waals surface area contributed by atoms with Gasteiger partial charge in [0.25, 0.3) is 0 Å². The maximum atomic E-state index is 11.6. The lowest BCUT2D eigenvalue weighted by atomic mass is 10.1. The second kappa shape index (κ2) is 7.05. The highest BCUT2D eigenvalue weighted by Crippen LogP contribution is 2.09. The number of carbonyl (C=O) groups excluding carboxylic acids is 2. The molecule has 20 heavy (non-hydrogen) atoms. The number of nitrogens with one attached hydrogen (secondary N) is 1. The minimum atomic E-state index is -0.634. The van der Waals surface area contributed by atoms with Crippen molar-refractivity contribution in [3.8, 4) is 0 Å². The van der Waals surface area contributed by atoms with Gasteiger partial charge in [-0.15, -0.1) is 0 Å². The molecule has 5 nitrogen and oxygen atoms in total. The van der Waals surface area contributed by atoms with Crippen LogP contribution in [0.15, 0.2) is 24.3 Å². The number of hydrogen-bond acceptors (Lipinski definition) is 4. The zero-order chi connectivity index (χ0) is 15.2. The molecular formula is C15H21NO4. The minimum absolute atomic E-state index is 0.0203. The molecule has 0 fully saturated rings. The molecular weight excluding hydrogens is 258 g/mol. The number of hydrogen-bond donors (Lipinski definition) is 2. The van der Waals surface area contributed by atoms with E-state index in [9.17, 15) is 9.59 Å². The van der Waals surface area contributed by atoms with Crippen LogP contribution in [0.4, 0.5) is 4.79 Å². The standard InChI is InChI=1S/C15H21NO4/c1-15(2,3)20-14(19)16-13(10-18)8-11-4-6-12(9-17)7-5-11/h4-7,10,13,17H,8-9H2,1-3H3,(H,16,19)/t13-/m0/s1. The van der Waals surface area contributed by atoms with Crippen LogP contribution in [0.2, 0.25) is 0 Å². The monoisotopic (exact) mass is 279 g/mol. The Bertz CT molecular complexity index is 448. The fraction of sp³-hybridized carbons (Fsp3) is 0.467. The molecule has 0 aliphatic heterocycles. The lowest BCUT2D eigenvalue weighted by Gasteiger charge is -2.21. The summed E-state index contributed by atoms with van der Waals surface area (Å²) in [6.45, 7) is 5.26. The molecule has 0 unspecified atom stereocenters. The predicted octanol–water partition coefficient (Wildman–Crippen LogP) is 1.81. The number of rotatable bonds is 5. The highest BCUT2D eigenvalue weighted by molar-refractivity contribution is 5.73. The molecule has 0 heterocycles. The average molecular weight is 279 g/mol. The maximum Gasteiger partial charge on any atom is 0.408 e. The van der Waals surface area contributed by atoms with Gasteiger partial charge in [0.15, 0.2) is 0 Å². The Hall–Kier alpha value is -1.88. The first-order valence-corrected chi connectivity index (χ1v) is 6.47. The summed E-state index contributed by atoms with van der Waals surface area (Å²) in [4.78, 5) is 22.6. The van der Waals surface area contributed by atoms with Crippen LogP contribution >= 0.6 is 0 Å². The third kappa shape index (κ3) is 5.84. The fourth-order valence-corrected chi connectivity index (χ4v) is 1.63. The summed E-state index contributed by atoms with van der Waals surface area (Å²) in [6, 6.07) is 6.57. The van der Waals surface area contributed by atoms with Crippen LogP contribution in [-0.2, 0) is 22.6 Å². The Morgan fingerprint density at radius 1 is 1.30 bits per heavy atom. The number of aliphatic hydroxyl groups is 1. The zero-order valence-corrected chi connectivity index (χ0v) is 12.1. The number of aliphatic hydroxyl groups excluding tert-OH is 1. The van der Waals surface area contributed by atoms with Crippen molar-refractivity contribution >= 4 is 12.4 Å². The van der Waals surface area contributed by atoms with Crippen LogP contribution in [0.1, 0.15) is 31.9 Å². The minimum Gasteiger partial charge on any atom is -0.444 e. The summed E-state index contributed by atoms with van der Waals surface area (Å²) in [6.07, 6.45) is 0.458. The van der Waals surface area contributed by atoms with Crippen molar-refractivity contribution in [3.63, 3.8) is 0 Å². The molecule has 0 aliphatic rings. The molecule has 5 heteroatoms. The van der Waals surface area contributed by atoms with Gasteiger partial charge in [-0.1, -0.05) is 24.3 Å². The second-order valence-electron chi connectivity index (χ2n) is 5.57. The first-order chi connectivity index (χ1) is 9.34. The molecule has 0 aromatic heterocycles. The van der Waals surface area contributed by atoms with Crippen molar-refractivity contribution in [2.75, 3.05) is 0 Å². The molecule has 1 atom stereocenters. The third-order valence-corrected chi connectivity index (χ3v) is 2.53. The van der Waals surface area contributed by atoms with Gasteiger partial charge in [0.2, 0.25) is 0 Å². The number of aldehydes is 1. The second-order valence-corrected chi connectivity index (χ2v) is 5.57. The van der Waals surface area contributed by atoms with Gasteiger partial charge < -0.3 is 20.0 Å². The topological polar surface area (TPSA) is 75.6 Å². The van der Waals surface area contributed by atoms with Gasteiger partial charge in [0.05, 0.1) is 12.6 Å². The van der Waals surface area contributed by atoms with E-state index < -0.39 is 17.7 Å². The van der Waals surface area contributed by atoms with E-state index in [0.717, 1.165) is 11.1 Å². The van der Waals surface area contributed by atoms with Gasteiger partial charge >= 0.3 is 6.09 Å². The molecule has 0 bridgehead atoms. The van der Waals surface area contributed by atoms with Gasteiger partial charge in [-0.3, -0.25) is 0 Å². The van der Waals surface area contributed by atoms with Crippen molar-refractivity contribution in [2.45, 2.75) is 45.4 Å². The average Bonchev–Trinajstić information content (AvgIpc) is 2.36. The third-order valence-electron chi connectivity index (χ3n) is 2.53. The van der Waals surface area contributed by atoms with Crippen LogP contribution in [-0.4, -0.2) is 29.1 Å². The van der Waals surface area contributed by atoms with Crippen LogP contribution in [0.25, 0.3) is 0 Å². The van der Waals surface area contributed by atoms with E-state index in [1.165, 1.54) is 0 Å². The van der Waals surface area contributed by atoms with Gasteiger partial charge in [-0.2, -0.15) is 0 Å². The summed E-state index contributed by atoms with van der Waals surface area (Å²) in [7, 11) is 0. The number of alkyl carbamates (subject to hydrolysis) is 1. The quantitative estimate of drug-likeness (QED) is 0.806. The smallest absolute Gasteiger partial charge is 0.408 e. The van der Waals surface area contributed by atoms with Crippen LogP contribution in [0, 0.1) is 0 Å². The molecule has 0 saturated heterocycles. The van der Waals surface area contributed by atoms with Crippen molar-refractivity contribution < 1.29 is 19.4 Å². The zero-order valence-electron chi connectivity index (χ0n) is 12.1. The molecule has 1 amide bonds. The predicted molar refractivity (Wildman–Crippen MR) is 75.3 cm³/mol. The highest BCUT2D eigenvalue weighted by atomic mass is 16.6.